The SMILES string of the molecule is CC(C)(C)c1cc(CCc2ccc(I)cc2)no1. The predicted molar refractivity (Wildman–Crippen MR) is 81.8 cm³/mol. The molecule has 0 aliphatic heterocycles. The summed E-state index contributed by atoms with van der Waals surface area (Å²) in [6.07, 6.45) is 1.94. The van der Waals surface area contributed by atoms with Crippen LogP contribution in [0.25, 0.3) is 0 Å². The maximum absolute atomic E-state index is 5.39. The van der Waals surface area contributed by atoms with Crippen molar-refractivity contribution in [1.29, 1.82) is 0 Å². The van der Waals surface area contributed by atoms with Crippen molar-refractivity contribution in [3.05, 3.63) is 50.9 Å². The fraction of sp³-hybridized carbons (Fsp3) is 0.400. The molecule has 0 aliphatic rings. The third-order valence-corrected chi connectivity index (χ3v) is 3.60. The Morgan fingerprint density at radius 3 is 2.33 bits per heavy atom. The Morgan fingerprint density at radius 2 is 1.78 bits per heavy atom. The first-order valence-electron chi connectivity index (χ1n) is 6.16. The summed E-state index contributed by atoms with van der Waals surface area (Å²) in [5.41, 5.74) is 2.42. The van der Waals surface area contributed by atoms with Crippen LogP contribution in [-0.4, -0.2) is 5.16 Å². The monoisotopic (exact) mass is 355 g/mol. The minimum atomic E-state index is 0.0358. The van der Waals surface area contributed by atoms with E-state index in [-0.39, 0.29) is 5.41 Å². The van der Waals surface area contributed by atoms with Crippen LogP contribution in [0.2, 0.25) is 0 Å². The molecule has 0 aliphatic carbocycles. The molecule has 0 atom stereocenters. The van der Waals surface area contributed by atoms with Gasteiger partial charge in [0.2, 0.25) is 0 Å². The van der Waals surface area contributed by atoms with Gasteiger partial charge in [-0.3, -0.25) is 0 Å². The Labute approximate surface area is 122 Å². The van der Waals surface area contributed by atoms with Crippen LogP contribution in [0.1, 0.15) is 37.8 Å². The van der Waals surface area contributed by atoms with E-state index in [0.29, 0.717) is 0 Å². The first kappa shape index (κ1) is 13.6. The lowest BCUT2D eigenvalue weighted by Gasteiger charge is -2.12. The van der Waals surface area contributed by atoms with E-state index >= 15 is 0 Å². The zero-order valence-corrected chi connectivity index (χ0v) is 13.2. The van der Waals surface area contributed by atoms with Crippen LogP contribution in [0.4, 0.5) is 0 Å². The third kappa shape index (κ3) is 3.57. The number of halogens is 1. The van der Waals surface area contributed by atoms with Crippen molar-refractivity contribution in [2.75, 3.05) is 0 Å². The first-order chi connectivity index (χ1) is 8.45. The van der Waals surface area contributed by atoms with Crippen LogP contribution in [0, 0.1) is 3.57 Å². The van der Waals surface area contributed by atoms with E-state index in [9.17, 15) is 0 Å². The van der Waals surface area contributed by atoms with Crippen LogP contribution in [0.15, 0.2) is 34.9 Å². The predicted octanol–water partition coefficient (Wildman–Crippen LogP) is 4.36. The van der Waals surface area contributed by atoms with Crippen molar-refractivity contribution >= 4 is 22.6 Å². The number of hydrogen-bond donors (Lipinski definition) is 0. The molecule has 0 radical (unpaired) electrons. The Morgan fingerprint density at radius 1 is 1.11 bits per heavy atom. The second kappa shape index (κ2) is 5.43. The van der Waals surface area contributed by atoms with Crippen LogP contribution < -0.4 is 0 Å². The van der Waals surface area contributed by atoms with E-state index in [1.54, 1.807) is 0 Å². The average Bonchev–Trinajstić information content (AvgIpc) is 2.77. The summed E-state index contributed by atoms with van der Waals surface area (Å²) in [6.45, 7) is 6.41. The molecule has 0 unspecified atom stereocenters. The van der Waals surface area contributed by atoms with Gasteiger partial charge in [-0.05, 0) is 53.1 Å². The molecule has 3 heteroatoms. The summed E-state index contributed by atoms with van der Waals surface area (Å²) in [6, 6.07) is 10.7. The summed E-state index contributed by atoms with van der Waals surface area (Å²) in [7, 11) is 0. The second-order valence-electron chi connectivity index (χ2n) is 5.56. The van der Waals surface area contributed by atoms with E-state index in [4.69, 9.17) is 4.52 Å². The summed E-state index contributed by atoms with van der Waals surface area (Å²) in [4.78, 5) is 0. The largest absolute Gasteiger partial charge is 0.361 e. The number of hydrogen-bond acceptors (Lipinski definition) is 2. The minimum absolute atomic E-state index is 0.0358. The lowest BCUT2D eigenvalue weighted by Crippen LogP contribution is -2.09. The van der Waals surface area contributed by atoms with Gasteiger partial charge in [-0.1, -0.05) is 38.1 Å². The van der Waals surface area contributed by atoms with Crippen molar-refractivity contribution in [2.24, 2.45) is 0 Å². The topological polar surface area (TPSA) is 26.0 Å². The quantitative estimate of drug-likeness (QED) is 0.765. The van der Waals surface area contributed by atoms with Gasteiger partial charge < -0.3 is 4.52 Å². The summed E-state index contributed by atoms with van der Waals surface area (Å²) in [5.74, 6) is 0.958. The number of aromatic nitrogens is 1. The van der Waals surface area contributed by atoms with E-state index in [0.717, 1.165) is 24.3 Å². The maximum Gasteiger partial charge on any atom is 0.142 e. The highest BCUT2D eigenvalue weighted by Gasteiger charge is 2.19. The van der Waals surface area contributed by atoms with Crippen LogP contribution in [0.3, 0.4) is 0 Å². The van der Waals surface area contributed by atoms with Crippen molar-refractivity contribution in [3.8, 4) is 0 Å². The standard InChI is InChI=1S/C15H18INO/c1-15(2,3)14-10-13(17-18-14)9-6-11-4-7-12(16)8-5-11/h4-5,7-8,10H,6,9H2,1-3H3. The Bertz CT molecular complexity index is 508. The Kier molecular flexibility index (Phi) is 4.10. The molecule has 18 heavy (non-hydrogen) atoms. The smallest absolute Gasteiger partial charge is 0.142 e. The fourth-order valence-corrected chi connectivity index (χ4v) is 2.07. The summed E-state index contributed by atoms with van der Waals surface area (Å²) in [5, 5.41) is 4.14. The molecule has 1 aromatic heterocycles. The Hall–Kier alpha value is -0.840. The van der Waals surface area contributed by atoms with E-state index in [1.807, 2.05) is 0 Å². The highest BCUT2D eigenvalue weighted by molar-refractivity contribution is 14.1. The zero-order chi connectivity index (χ0) is 13.2. The van der Waals surface area contributed by atoms with Gasteiger partial charge >= 0.3 is 0 Å². The van der Waals surface area contributed by atoms with Gasteiger partial charge in [-0.25, -0.2) is 0 Å². The highest BCUT2D eigenvalue weighted by Crippen LogP contribution is 2.23. The normalized spacial score (nSPS) is 11.8. The zero-order valence-electron chi connectivity index (χ0n) is 11.0. The van der Waals surface area contributed by atoms with Gasteiger partial charge in [0.05, 0.1) is 5.69 Å². The second-order valence-corrected chi connectivity index (χ2v) is 6.80. The van der Waals surface area contributed by atoms with E-state index in [1.165, 1.54) is 9.13 Å². The van der Waals surface area contributed by atoms with Crippen LogP contribution in [-0.2, 0) is 18.3 Å². The summed E-state index contributed by atoms with van der Waals surface area (Å²) >= 11 is 2.32. The third-order valence-electron chi connectivity index (χ3n) is 2.88. The molecule has 0 saturated heterocycles. The van der Waals surface area contributed by atoms with Gasteiger partial charge in [0, 0.05) is 15.1 Å². The van der Waals surface area contributed by atoms with E-state index in [2.05, 4.69) is 78.9 Å². The summed E-state index contributed by atoms with van der Waals surface area (Å²) < 4.78 is 6.66. The molecule has 0 fully saturated rings. The number of nitrogens with zero attached hydrogens (tertiary/aromatic N) is 1. The van der Waals surface area contributed by atoms with Crippen molar-refractivity contribution in [2.45, 2.75) is 39.0 Å². The van der Waals surface area contributed by atoms with Crippen molar-refractivity contribution < 1.29 is 4.52 Å². The Balaban J connectivity index is 1.98. The first-order valence-corrected chi connectivity index (χ1v) is 7.23. The van der Waals surface area contributed by atoms with Crippen LogP contribution in [0.5, 0.6) is 0 Å². The molecule has 0 spiro atoms. The highest BCUT2D eigenvalue weighted by atomic mass is 127. The molecule has 1 aromatic carbocycles. The lowest BCUT2D eigenvalue weighted by atomic mass is 9.93. The molecular formula is C15H18INO. The maximum atomic E-state index is 5.39. The fourth-order valence-electron chi connectivity index (χ4n) is 1.71. The van der Waals surface area contributed by atoms with Crippen molar-refractivity contribution in [1.82, 2.24) is 5.16 Å². The molecule has 1 heterocycles. The lowest BCUT2D eigenvalue weighted by molar-refractivity contribution is 0.326. The molecule has 0 N–H and O–H groups in total. The molecule has 2 nitrogen and oxygen atoms in total. The van der Waals surface area contributed by atoms with Gasteiger partial charge in [-0.15, -0.1) is 0 Å². The molecule has 0 bridgehead atoms. The van der Waals surface area contributed by atoms with Gasteiger partial charge in [-0.2, -0.15) is 0 Å². The molecule has 96 valence electrons. The molecule has 2 aromatic rings. The van der Waals surface area contributed by atoms with Crippen LogP contribution >= 0.6 is 22.6 Å². The molecule has 0 amide bonds. The van der Waals surface area contributed by atoms with Gasteiger partial charge in [0.25, 0.3) is 0 Å². The van der Waals surface area contributed by atoms with Crippen molar-refractivity contribution in [3.63, 3.8) is 0 Å². The van der Waals surface area contributed by atoms with Gasteiger partial charge in [0.15, 0.2) is 0 Å². The minimum Gasteiger partial charge on any atom is -0.361 e. The van der Waals surface area contributed by atoms with Gasteiger partial charge in [0.1, 0.15) is 5.76 Å². The molecular weight excluding hydrogens is 337 g/mol. The molecule has 0 saturated carbocycles. The number of aryl methyl sites for hydroxylation is 2. The number of benzene rings is 1. The number of rotatable bonds is 3. The van der Waals surface area contributed by atoms with E-state index < -0.39 is 0 Å². The molecule has 2 rings (SSSR count). The average molecular weight is 355 g/mol.